The molecule has 4 atom stereocenters. The van der Waals surface area contributed by atoms with E-state index in [4.69, 9.17) is 14.5 Å². The minimum Gasteiger partial charge on any atom is -0.464 e. The van der Waals surface area contributed by atoms with Gasteiger partial charge >= 0.3 is 5.97 Å². The Morgan fingerprint density at radius 3 is 2.52 bits per heavy atom. The summed E-state index contributed by atoms with van der Waals surface area (Å²) in [5, 5.41) is 5.36. The number of halogens is 1. The lowest BCUT2D eigenvalue weighted by Gasteiger charge is -2.45. The zero-order valence-corrected chi connectivity index (χ0v) is 38.8. The third-order valence-corrected chi connectivity index (χ3v) is 13.0. The number of hydrazine groups is 1. The molecule has 0 radical (unpaired) electrons. The van der Waals surface area contributed by atoms with Crippen LogP contribution in [0.15, 0.2) is 73.4 Å². The van der Waals surface area contributed by atoms with Gasteiger partial charge in [0.05, 0.1) is 37.2 Å². The molecule has 14 nitrogen and oxygen atoms in total. The summed E-state index contributed by atoms with van der Waals surface area (Å²) in [5.74, 6) is -3.52. The van der Waals surface area contributed by atoms with Gasteiger partial charge in [0.15, 0.2) is 0 Å². The highest BCUT2D eigenvalue weighted by atomic mass is 19.1. The number of ether oxygens (including phenoxy) is 2. The Bertz CT molecular complexity index is 2490. The van der Waals surface area contributed by atoms with Crippen molar-refractivity contribution in [1.82, 2.24) is 35.1 Å². The Kier molecular flexibility index (Phi) is 13.7. The van der Waals surface area contributed by atoms with Crippen molar-refractivity contribution in [2.75, 3.05) is 40.4 Å². The van der Waals surface area contributed by atoms with E-state index in [1.54, 1.807) is 27.2 Å². The van der Waals surface area contributed by atoms with Crippen LogP contribution in [0.25, 0.3) is 33.3 Å². The number of cyclic esters (lactones) is 1. The lowest BCUT2D eigenvalue weighted by molar-refractivity contribution is -0.165. The van der Waals surface area contributed by atoms with E-state index >= 15 is 4.39 Å². The van der Waals surface area contributed by atoms with Crippen LogP contribution in [0.5, 0.6) is 0 Å². The van der Waals surface area contributed by atoms with Gasteiger partial charge < -0.3 is 29.2 Å². The van der Waals surface area contributed by atoms with Gasteiger partial charge in [0.1, 0.15) is 18.1 Å². The Balaban J connectivity index is 1.29. The van der Waals surface area contributed by atoms with Crippen LogP contribution in [-0.4, -0.2) is 118 Å². The van der Waals surface area contributed by atoms with Crippen molar-refractivity contribution in [3.63, 3.8) is 0 Å². The quantitative estimate of drug-likeness (QED) is 0.145. The molecule has 2 fully saturated rings. The number of fused-ring (bicyclic) bond motifs is 6. The number of hydrogen-bond donors (Lipinski definition) is 2. The molecule has 2 aromatic heterocycles. The minimum atomic E-state index is -2.37. The first-order valence-electron chi connectivity index (χ1n) is 22.5. The second kappa shape index (κ2) is 18.9. The molecule has 7 rings (SSSR count). The van der Waals surface area contributed by atoms with E-state index in [1.807, 2.05) is 37.3 Å². The largest absolute Gasteiger partial charge is 0.464 e. The zero-order valence-electron chi connectivity index (χ0n) is 38.8. The normalized spacial score (nSPS) is 20.6. The predicted molar refractivity (Wildman–Crippen MR) is 246 cm³/mol. The lowest BCUT2D eigenvalue weighted by atomic mass is 9.84. The van der Waals surface area contributed by atoms with Crippen LogP contribution in [0.1, 0.15) is 77.3 Å². The summed E-state index contributed by atoms with van der Waals surface area (Å²) < 4.78 is 30.1. The summed E-state index contributed by atoms with van der Waals surface area (Å²) in [4.78, 5) is 75.6. The molecule has 65 heavy (non-hydrogen) atoms. The standard InChI is InChI=1S/C50H62FN7O7/c1-10-41(59)56-27-50(51,28-56)48(63)55(8)43(30(3)4)45(60)53-39-24-32-15-12-16-33(23-32)34-19-20-40-36(25-34)37(44(57(40)11-2)35-17-13-21-52-42(35)31(5)64-9)26-49(6,7)29-65-47(62)38-18-14-22-58(54-38)46(39)61/h10,12-13,15-17,19-21,23,25,30-31,38-39,43,54H,1,11,14,18,22,24,26-29H2,2-9H3,(H,53,60)/t31-,38-,39-,43?/m0/s1. The second-order valence-corrected chi connectivity index (χ2v) is 18.8. The molecule has 0 aliphatic carbocycles. The summed E-state index contributed by atoms with van der Waals surface area (Å²) >= 11 is 0. The number of hydrogen-bond acceptors (Lipinski definition) is 9. The number of esters is 1. The number of aryl methyl sites for hydroxylation is 1. The topological polar surface area (TPSA) is 155 Å². The number of likely N-dealkylation sites (N-methyl/N-ethyl adjacent to an activating group) is 1. The number of nitrogens with one attached hydrogen (secondary N) is 2. The molecule has 0 spiro atoms. The maximum Gasteiger partial charge on any atom is 0.324 e. The van der Waals surface area contributed by atoms with Crippen LogP contribution < -0.4 is 10.7 Å². The molecule has 0 saturated carbocycles. The Morgan fingerprint density at radius 2 is 1.83 bits per heavy atom. The summed E-state index contributed by atoms with van der Waals surface area (Å²) in [6.45, 7) is 15.3. The molecule has 4 amide bonds. The highest BCUT2D eigenvalue weighted by molar-refractivity contribution is 5.98. The van der Waals surface area contributed by atoms with Crippen LogP contribution in [-0.2, 0) is 52.8 Å². The van der Waals surface area contributed by atoms with E-state index in [-0.39, 0.29) is 25.7 Å². The summed E-state index contributed by atoms with van der Waals surface area (Å²) in [5.41, 5.74) is 7.76. The molecule has 3 aliphatic rings. The Morgan fingerprint density at radius 1 is 1.09 bits per heavy atom. The fourth-order valence-electron chi connectivity index (χ4n) is 9.59. The fraction of sp³-hybridized carbons (Fsp3) is 0.480. The van der Waals surface area contributed by atoms with Gasteiger partial charge in [-0.1, -0.05) is 64.6 Å². The van der Waals surface area contributed by atoms with Crippen molar-refractivity contribution in [2.24, 2.45) is 11.3 Å². The van der Waals surface area contributed by atoms with Crippen LogP contribution in [0.2, 0.25) is 0 Å². The van der Waals surface area contributed by atoms with Crippen LogP contribution in [0.4, 0.5) is 4.39 Å². The molecule has 15 heteroatoms. The van der Waals surface area contributed by atoms with Gasteiger partial charge in [-0.3, -0.25) is 34.0 Å². The second-order valence-electron chi connectivity index (χ2n) is 18.8. The molecule has 6 bridgehead atoms. The number of methoxy groups -OCH3 is 1. The molecule has 3 aliphatic heterocycles. The molecule has 4 aromatic rings. The number of benzene rings is 2. The molecule has 5 heterocycles. The van der Waals surface area contributed by atoms with Crippen LogP contribution in [0, 0.1) is 11.3 Å². The van der Waals surface area contributed by atoms with Gasteiger partial charge in [0, 0.05) is 61.7 Å². The van der Waals surface area contributed by atoms with Gasteiger partial charge in [-0.15, -0.1) is 0 Å². The maximum absolute atomic E-state index is 15.9. The number of likely N-dealkylation sites (tertiary alicyclic amines) is 1. The van der Waals surface area contributed by atoms with Crippen molar-refractivity contribution >= 4 is 40.5 Å². The van der Waals surface area contributed by atoms with E-state index in [2.05, 4.69) is 66.9 Å². The third kappa shape index (κ3) is 9.44. The SMILES string of the molecule is C=CC(=O)N1CC(F)(C(=O)N(C)C(C(=O)N[C@H]2Cc3cccc(c3)-c3ccc4c(c3)c(c(-c3cccnc3[C@H](C)OC)n4CC)CC(C)(C)COC(=O)[C@@H]3CCCN(N3)C2=O)C(C)C)C1. The Hall–Kier alpha value is -5.93. The molecular formula is C50H62FN7O7. The Labute approximate surface area is 380 Å². The van der Waals surface area contributed by atoms with E-state index in [1.165, 1.54) is 17.0 Å². The van der Waals surface area contributed by atoms with Crippen molar-refractivity contribution in [2.45, 2.75) is 104 Å². The van der Waals surface area contributed by atoms with Gasteiger partial charge in [0.2, 0.25) is 17.5 Å². The molecule has 2 N–H and O–H groups in total. The molecule has 346 valence electrons. The zero-order chi connectivity index (χ0) is 47.0. The first-order valence-corrected chi connectivity index (χ1v) is 22.5. The smallest absolute Gasteiger partial charge is 0.324 e. The number of carbonyl (C=O) groups is 5. The average molecular weight is 892 g/mol. The number of alkyl halides is 1. The van der Waals surface area contributed by atoms with Gasteiger partial charge in [-0.05, 0) is 91.6 Å². The summed E-state index contributed by atoms with van der Waals surface area (Å²) in [6, 6.07) is 15.1. The number of nitrogens with zero attached hydrogens (tertiary/aromatic N) is 5. The van der Waals surface area contributed by atoms with Gasteiger partial charge in [-0.25, -0.2) is 9.82 Å². The van der Waals surface area contributed by atoms with Crippen molar-refractivity contribution in [1.29, 1.82) is 0 Å². The first-order chi connectivity index (χ1) is 30.9. The highest BCUT2D eigenvalue weighted by Gasteiger charge is 2.54. The molecular weight excluding hydrogens is 830 g/mol. The van der Waals surface area contributed by atoms with Crippen molar-refractivity contribution in [3.8, 4) is 22.4 Å². The number of amides is 4. The van der Waals surface area contributed by atoms with Crippen LogP contribution in [0.3, 0.4) is 0 Å². The number of aromatic nitrogens is 2. The van der Waals surface area contributed by atoms with Crippen LogP contribution >= 0.6 is 0 Å². The van der Waals surface area contributed by atoms with E-state index in [9.17, 15) is 24.0 Å². The monoisotopic (exact) mass is 891 g/mol. The first kappa shape index (κ1) is 47.0. The highest BCUT2D eigenvalue weighted by Crippen LogP contribution is 2.42. The maximum atomic E-state index is 15.9. The number of pyridine rings is 1. The van der Waals surface area contributed by atoms with E-state index < -0.39 is 77.8 Å². The molecule has 1 unspecified atom stereocenters. The average Bonchev–Trinajstić information content (AvgIpc) is 3.59. The van der Waals surface area contributed by atoms with E-state index in [0.29, 0.717) is 25.8 Å². The third-order valence-electron chi connectivity index (χ3n) is 13.0. The van der Waals surface area contributed by atoms with Gasteiger partial charge in [-0.2, -0.15) is 0 Å². The minimum absolute atomic E-state index is 0.0688. The van der Waals surface area contributed by atoms with E-state index in [0.717, 1.165) is 61.1 Å². The lowest BCUT2D eigenvalue weighted by Crippen LogP contribution is -2.69. The number of carbonyl (C=O) groups excluding carboxylic acids is 5. The fourth-order valence-corrected chi connectivity index (χ4v) is 9.59. The van der Waals surface area contributed by atoms with Crippen molar-refractivity contribution < 1.29 is 37.8 Å². The molecule has 2 saturated heterocycles. The predicted octanol–water partition coefficient (Wildman–Crippen LogP) is 5.97. The number of rotatable bonds is 10. The summed E-state index contributed by atoms with van der Waals surface area (Å²) in [7, 11) is 3.04. The molecule has 2 aromatic carbocycles. The summed E-state index contributed by atoms with van der Waals surface area (Å²) in [6.07, 6.45) is 4.14. The van der Waals surface area contributed by atoms with Gasteiger partial charge in [0.25, 0.3) is 11.8 Å². The van der Waals surface area contributed by atoms with Crippen molar-refractivity contribution in [3.05, 3.63) is 90.3 Å².